The van der Waals surface area contributed by atoms with Gasteiger partial charge in [-0.1, -0.05) is 30.9 Å². The first-order valence-corrected chi connectivity index (χ1v) is 9.52. The molecule has 152 valence electrons. The number of ether oxygens (including phenoxy) is 1. The van der Waals surface area contributed by atoms with Gasteiger partial charge in [-0.3, -0.25) is 9.69 Å². The van der Waals surface area contributed by atoms with Gasteiger partial charge in [0, 0.05) is 35.2 Å². The topological polar surface area (TPSA) is 41.6 Å². The van der Waals surface area contributed by atoms with Gasteiger partial charge in [0.2, 0.25) is 6.43 Å². The van der Waals surface area contributed by atoms with Crippen LogP contribution in [0.3, 0.4) is 0 Å². The van der Waals surface area contributed by atoms with Gasteiger partial charge < -0.3 is 10.1 Å². The molecule has 0 saturated carbocycles. The highest BCUT2D eigenvalue weighted by molar-refractivity contribution is 5.94. The summed E-state index contributed by atoms with van der Waals surface area (Å²) in [6.45, 7) is 5.23. The summed E-state index contributed by atoms with van der Waals surface area (Å²) in [7, 11) is 0. The van der Waals surface area contributed by atoms with Crippen molar-refractivity contribution in [3.63, 3.8) is 0 Å². The Morgan fingerprint density at radius 1 is 1.03 bits per heavy atom. The lowest BCUT2D eigenvalue weighted by Crippen LogP contribution is -2.39. The minimum Gasteiger partial charge on any atom is -0.351 e. The third-order valence-electron chi connectivity index (χ3n) is 4.95. The number of hydrogen-bond acceptors (Lipinski definition) is 3. The molecule has 29 heavy (non-hydrogen) atoms. The Labute approximate surface area is 169 Å². The highest BCUT2D eigenvalue weighted by Crippen LogP contribution is 2.14. The van der Waals surface area contributed by atoms with Crippen molar-refractivity contribution in [3.8, 4) is 11.8 Å². The van der Waals surface area contributed by atoms with Crippen LogP contribution in [0.1, 0.15) is 40.9 Å². The summed E-state index contributed by atoms with van der Waals surface area (Å²) in [6, 6.07) is 14.3. The quantitative estimate of drug-likeness (QED) is 0.752. The number of halogens is 2. The molecule has 0 spiro atoms. The minimum atomic E-state index is -2.47. The molecule has 2 unspecified atom stereocenters. The largest absolute Gasteiger partial charge is 0.351 e. The zero-order valence-electron chi connectivity index (χ0n) is 16.5. The van der Waals surface area contributed by atoms with Gasteiger partial charge in [-0.2, -0.15) is 0 Å². The second-order valence-electron chi connectivity index (χ2n) is 7.27. The van der Waals surface area contributed by atoms with Crippen LogP contribution >= 0.6 is 0 Å². The SMILES string of the molecule is CC(NC(=O)c1ccc(C#Cc2ccc(CN3COC3)cc2)cc1)C(C)C(F)F. The van der Waals surface area contributed by atoms with E-state index in [-0.39, 0.29) is 5.91 Å². The molecule has 6 heteroatoms. The highest BCUT2D eigenvalue weighted by Gasteiger charge is 2.23. The third-order valence-corrected chi connectivity index (χ3v) is 4.95. The van der Waals surface area contributed by atoms with E-state index in [9.17, 15) is 13.6 Å². The van der Waals surface area contributed by atoms with E-state index in [1.807, 2.05) is 12.1 Å². The summed E-state index contributed by atoms with van der Waals surface area (Å²) >= 11 is 0. The maximum atomic E-state index is 12.7. The zero-order chi connectivity index (χ0) is 20.8. The lowest BCUT2D eigenvalue weighted by atomic mass is 10.0. The van der Waals surface area contributed by atoms with Crippen LogP contribution < -0.4 is 5.32 Å². The molecule has 2 aromatic carbocycles. The number of nitrogens with one attached hydrogen (secondary N) is 1. The number of carbonyl (C=O) groups is 1. The normalized spacial score (nSPS) is 15.8. The molecule has 4 nitrogen and oxygen atoms in total. The number of benzene rings is 2. The van der Waals surface area contributed by atoms with E-state index in [4.69, 9.17) is 4.74 Å². The van der Waals surface area contributed by atoms with Crippen LogP contribution in [-0.4, -0.2) is 36.7 Å². The Bertz CT molecular complexity index is 882. The van der Waals surface area contributed by atoms with Crippen LogP contribution in [0, 0.1) is 17.8 Å². The second kappa shape index (κ2) is 9.64. The van der Waals surface area contributed by atoms with Gasteiger partial charge in [0.05, 0.1) is 0 Å². The smallest absolute Gasteiger partial charge is 0.251 e. The first kappa shape index (κ1) is 21.0. The number of alkyl halides is 2. The summed E-state index contributed by atoms with van der Waals surface area (Å²) in [5.74, 6) is 4.90. The average Bonchev–Trinajstić information content (AvgIpc) is 2.69. The summed E-state index contributed by atoms with van der Waals surface area (Å²) in [5, 5.41) is 2.62. The van der Waals surface area contributed by atoms with E-state index in [1.165, 1.54) is 12.5 Å². The molecule has 1 heterocycles. The fourth-order valence-electron chi connectivity index (χ4n) is 2.75. The molecule has 1 aliphatic rings. The third kappa shape index (κ3) is 5.86. The first-order valence-electron chi connectivity index (χ1n) is 9.52. The van der Waals surface area contributed by atoms with Crippen LogP contribution in [0.5, 0.6) is 0 Å². The number of carbonyl (C=O) groups excluding carboxylic acids is 1. The molecule has 1 amide bonds. The van der Waals surface area contributed by atoms with E-state index in [0.717, 1.165) is 17.7 Å². The molecule has 1 aliphatic heterocycles. The molecule has 1 saturated heterocycles. The molecule has 2 aromatic rings. The summed E-state index contributed by atoms with van der Waals surface area (Å²) < 4.78 is 30.6. The fraction of sp³-hybridized carbons (Fsp3) is 0.348. The Morgan fingerprint density at radius 3 is 2.07 bits per heavy atom. The van der Waals surface area contributed by atoms with Gasteiger partial charge in [-0.15, -0.1) is 0 Å². The van der Waals surface area contributed by atoms with Crippen molar-refractivity contribution >= 4 is 5.91 Å². The fourth-order valence-corrected chi connectivity index (χ4v) is 2.75. The van der Waals surface area contributed by atoms with Crippen LogP contribution in [0.15, 0.2) is 48.5 Å². The predicted octanol–water partition coefficient (Wildman–Crippen LogP) is 3.85. The van der Waals surface area contributed by atoms with Crippen molar-refractivity contribution in [3.05, 3.63) is 70.8 Å². The maximum Gasteiger partial charge on any atom is 0.251 e. The van der Waals surface area contributed by atoms with E-state index < -0.39 is 18.4 Å². The molecule has 0 aromatic heterocycles. The second-order valence-corrected chi connectivity index (χ2v) is 7.27. The maximum absolute atomic E-state index is 12.7. The van der Waals surface area contributed by atoms with Gasteiger partial charge >= 0.3 is 0 Å². The minimum absolute atomic E-state index is 0.368. The van der Waals surface area contributed by atoms with E-state index >= 15 is 0 Å². The van der Waals surface area contributed by atoms with Crippen LogP contribution in [0.4, 0.5) is 8.78 Å². The first-order chi connectivity index (χ1) is 13.9. The van der Waals surface area contributed by atoms with Gasteiger partial charge in [-0.05, 0) is 48.9 Å². The summed E-state index contributed by atoms with van der Waals surface area (Å²) in [6.07, 6.45) is -2.47. The highest BCUT2D eigenvalue weighted by atomic mass is 19.3. The Kier molecular flexibility index (Phi) is 6.97. The molecule has 0 radical (unpaired) electrons. The monoisotopic (exact) mass is 398 g/mol. The molecule has 1 fully saturated rings. The van der Waals surface area contributed by atoms with Crippen LogP contribution in [-0.2, 0) is 11.3 Å². The summed E-state index contributed by atoms with van der Waals surface area (Å²) in [4.78, 5) is 14.4. The molecule has 2 atom stereocenters. The summed E-state index contributed by atoms with van der Waals surface area (Å²) in [5.41, 5.74) is 3.32. The van der Waals surface area contributed by atoms with Crippen molar-refractivity contribution in [2.45, 2.75) is 32.9 Å². The van der Waals surface area contributed by atoms with Crippen molar-refractivity contribution in [2.24, 2.45) is 5.92 Å². The lowest BCUT2D eigenvalue weighted by molar-refractivity contribution is -0.149. The van der Waals surface area contributed by atoms with Gasteiger partial charge in [0.1, 0.15) is 13.5 Å². The number of amides is 1. The van der Waals surface area contributed by atoms with Crippen molar-refractivity contribution < 1.29 is 18.3 Å². The Hall–Kier alpha value is -2.75. The van der Waals surface area contributed by atoms with Crippen molar-refractivity contribution in [1.29, 1.82) is 0 Å². The molecular formula is C23H24F2N2O2. The van der Waals surface area contributed by atoms with E-state index in [0.29, 0.717) is 19.0 Å². The molecule has 1 N–H and O–H groups in total. The number of nitrogens with zero attached hydrogens (tertiary/aromatic N) is 1. The number of hydrogen-bond donors (Lipinski definition) is 1. The standard InChI is InChI=1S/C23H24F2N2O2/c1-16(22(24)25)17(2)26-23(28)21-11-9-19(10-12-21)4-3-18-5-7-20(8-6-18)13-27-14-29-15-27/h5-12,16-17,22H,13-15H2,1-2H3,(H,26,28). The van der Waals surface area contributed by atoms with Gasteiger partial charge in [-0.25, -0.2) is 8.78 Å². The van der Waals surface area contributed by atoms with Crippen LogP contribution in [0.2, 0.25) is 0 Å². The van der Waals surface area contributed by atoms with E-state index in [2.05, 4.69) is 34.2 Å². The van der Waals surface area contributed by atoms with E-state index in [1.54, 1.807) is 31.2 Å². The Balaban J connectivity index is 1.57. The molecule has 0 bridgehead atoms. The Morgan fingerprint density at radius 2 is 1.59 bits per heavy atom. The zero-order valence-corrected chi connectivity index (χ0v) is 16.5. The number of rotatable bonds is 6. The lowest BCUT2D eigenvalue weighted by Gasteiger charge is -2.30. The van der Waals surface area contributed by atoms with Gasteiger partial charge in [0.15, 0.2) is 0 Å². The van der Waals surface area contributed by atoms with Gasteiger partial charge in [0.25, 0.3) is 5.91 Å². The predicted molar refractivity (Wildman–Crippen MR) is 107 cm³/mol. The van der Waals surface area contributed by atoms with Crippen molar-refractivity contribution in [2.75, 3.05) is 13.5 Å². The molecule has 0 aliphatic carbocycles. The average molecular weight is 398 g/mol. The molecule has 3 rings (SSSR count). The van der Waals surface area contributed by atoms with Crippen molar-refractivity contribution in [1.82, 2.24) is 10.2 Å². The van der Waals surface area contributed by atoms with Crippen LogP contribution in [0.25, 0.3) is 0 Å². The molecular weight excluding hydrogens is 374 g/mol.